The summed E-state index contributed by atoms with van der Waals surface area (Å²) < 4.78 is 0. The molecule has 6 nitrogen and oxygen atoms in total. The molecule has 0 saturated carbocycles. The van der Waals surface area contributed by atoms with Crippen molar-refractivity contribution in [2.75, 3.05) is 24.5 Å². The minimum absolute atomic E-state index is 0.0272. The summed E-state index contributed by atoms with van der Waals surface area (Å²) >= 11 is 0. The smallest absolute Gasteiger partial charge is 0.327 e. The minimum Gasteiger partial charge on any atom is -0.356 e. The molecule has 0 spiro atoms. The summed E-state index contributed by atoms with van der Waals surface area (Å²) in [4.78, 5) is 35.0. The number of pyridine rings is 1. The van der Waals surface area contributed by atoms with Crippen LogP contribution in [0.4, 0.5) is 10.6 Å². The van der Waals surface area contributed by atoms with E-state index in [0.717, 1.165) is 56.7 Å². The molecule has 0 radical (unpaired) electrons. The summed E-state index contributed by atoms with van der Waals surface area (Å²) in [6.45, 7) is 4.43. The Labute approximate surface area is 136 Å². The fourth-order valence-corrected chi connectivity index (χ4v) is 3.98. The fourth-order valence-electron chi connectivity index (χ4n) is 3.98. The van der Waals surface area contributed by atoms with Gasteiger partial charge in [0.2, 0.25) is 0 Å². The van der Waals surface area contributed by atoms with Crippen LogP contribution in [0, 0.1) is 6.92 Å². The average molecular weight is 314 g/mol. The lowest BCUT2D eigenvalue weighted by atomic mass is 10.0. The second-order valence-corrected chi connectivity index (χ2v) is 6.75. The number of carbonyl (C=O) groups excluding carboxylic acids is 2. The Morgan fingerprint density at radius 1 is 1.09 bits per heavy atom. The highest BCUT2D eigenvalue weighted by molar-refractivity contribution is 6.04. The van der Waals surface area contributed by atoms with E-state index in [4.69, 9.17) is 0 Å². The van der Waals surface area contributed by atoms with Crippen molar-refractivity contribution in [3.05, 3.63) is 23.9 Å². The first-order chi connectivity index (χ1) is 11.1. The third-order valence-corrected chi connectivity index (χ3v) is 5.28. The monoisotopic (exact) mass is 314 g/mol. The van der Waals surface area contributed by atoms with Crippen molar-refractivity contribution in [3.8, 4) is 0 Å². The molecule has 3 aliphatic heterocycles. The molecule has 1 aromatic heterocycles. The van der Waals surface area contributed by atoms with Crippen molar-refractivity contribution < 1.29 is 9.59 Å². The Morgan fingerprint density at radius 2 is 1.87 bits per heavy atom. The van der Waals surface area contributed by atoms with E-state index in [0.29, 0.717) is 0 Å². The van der Waals surface area contributed by atoms with Crippen LogP contribution in [0.1, 0.15) is 31.2 Å². The Morgan fingerprint density at radius 3 is 2.52 bits per heavy atom. The molecule has 122 valence electrons. The van der Waals surface area contributed by atoms with Crippen molar-refractivity contribution in [1.82, 2.24) is 14.8 Å². The second kappa shape index (κ2) is 5.51. The summed E-state index contributed by atoms with van der Waals surface area (Å²) in [6.07, 6.45) is 5.31. The molecule has 1 unspecified atom stereocenters. The van der Waals surface area contributed by atoms with Crippen molar-refractivity contribution in [2.45, 2.75) is 44.7 Å². The Balaban J connectivity index is 1.43. The van der Waals surface area contributed by atoms with Gasteiger partial charge < -0.3 is 9.80 Å². The molecule has 3 fully saturated rings. The average Bonchev–Trinajstić information content (AvgIpc) is 3.13. The summed E-state index contributed by atoms with van der Waals surface area (Å²) in [6, 6.07) is 3.90. The van der Waals surface area contributed by atoms with Crippen LogP contribution in [0.2, 0.25) is 0 Å². The first-order valence-corrected chi connectivity index (χ1v) is 8.46. The molecule has 6 heteroatoms. The highest BCUT2D eigenvalue weighted by atomic mass is 16.2. The van der Waals surface area contributed by atoms with Crippen molar-refractivity contribution in [1.29, 1.82) is 0 Å². The van der Waals surface area contributed by atoms with E-state index in [1.807, 2.05) is 19.2 Å². The summed E-state index contributed by atoms with van der Waals surface area (Å²) in [7, 11) is 0. The van der Waals surface area contributed by atoms with Crippen LogP contribution in [0.3, 0.4) is 0 Å². The first-order valence-electron chi connectivity index (χ1n) is 8.46. The molecule has 0 aliphatic carbocycles. The van der Waals surface area contributed by atoms with Crippen LogP contribution in [-0.4, -0.2) is 58.4 Å². The van der Waals surface area contributed by atoms with Crippen LogP contribution in [0.15, 0.2) is 18.3 Å². The highest BCUT2D eigenvalue weighted by Gasteiger charge is 2.50. The predicted molar refractivity (Wildman–Crippen MR) is 86.2 cm³/mol. The molecule has 0 bridgehead atoms. The van der Waals surface area contributed by atoms with Crippen molar-refractivity contribution >= 4 is 17.8 Å². The molecule has 4 heterocycles. The number of nitrogens with zero attached hydrogens (tertiary/aromatic N) is 4. The quantitative estimate of drug-likeness (QED) is 0.781. The number of rotatable bonds is 2. The fraction of sp³-hybridized carbons (Fsp3) is 0.588. The van der Waals surface area contributed by atoms with Crippen LogP contribution in [0.25, 0.3) is 0 Å². The van der Waals surface area contributed by atoms with Crippen LogP contribution in [-0.2, 0) is 4.79 Å². The van der Waals surface area contributed by atoms with Gasteiger partial charge in [-0.05, 0) is 44.2 Å². The Bertz CT molecular complexity index is 600. The lowest BCUT2D eigenvalue weighted by molar-refractivity contribution is -0.129. The number of carbonyl (C=O) groups is 2. The van der Waals surface area contributed by atoms with Gasteiger partial charge in [-0.2, -0.15) is 0 Å². The van der Waals surface area contributed by atoms with Crippen molar-refractivity contribution in [3.63, 3.8) is 0 Å². The number of hydrogen-bond acceptors (Lipinski definition) is 4. The molecule has 3 saturated heterocycles. The van der Waals surface area contributed by atoms with Gasteiger partial charge in [-0.1, -0.05) is 6.07 Å². The highest BCUT2D eigenvalue weighted by Crippen LogP contribution is 2.31. The second-order valence-electron chi connectivity index (χ2n) is 6.75. The summed E-state index contributed by atoms with van der Waals surface area (Å²) in [5, 5.41) is 0. The van der Waals surface area contributed by atoms with Gasteiger partial charge in [0.05, 0.1) is 0 Å². The Kier molecular flexibility index (Phi) is 3.47. The minimum atomic E-state index is -0.181. The molecule has 0 aromatic carbocycles. The number of aromatic nitrogens is 1. The largest absolute Gasteiger partial charge is 0.356 e. The maximum Gasteiger partial charge on any atom is 0.327 e. The number of aryl methyl sites for hydroxylation is 1. The number of anilines is 1. The number of amides is 3. The molecule has 0 N–H and O–H groups in total. The normalized spacial score (nSPS) is 25.4. The molecular formula is C17H22N4O2. The van der Waals surface area contributed by atoms with E-state index in [1.165, 1.54) is 0 Å². The zero-order valence-corrected chi connectivity index (χ0v) is 13.4. The summed E-state index contributed by atoms with van der Waals surface area (Å²) in [5.74, 6) is 1.01. The topological polar surface area (TPSA) is 56.8 Å². The molecule has 4 rings (SSSR count). The van der Waals surface area contributed by atoms with Gasteiger partial charge in [-0.15, -0.1) is 0 Å². The number of urea groups is 1. The number of imide groups is 1. The van der Waals surface area contributed by atoms with Gasteiger partial charge >= 0.3 is 6.03 Å². The van der Waals surface area contributed by atoms with Gasteiger partial charge in [0.1, 0.15) is 11.9 Å². The van der Waals surface area contributed by atoms with Gasteiger partial charge in [0, 0.05) is 31.9 Å². The zero-order chi connectivity index (χ0) is 16.0. The van der Waals surface area contributed by atoms with Crippen LogP contribution < -0.4 is 4.90 Å². The molecule has 23 heavy (non-hydrogen) atoms. The number of piperidine rings is 1. The first kappa shape index (κ1) is 14.5. The van der Waals surface area contributed by atoms with E-state index in [9.17, 15) is 9.59 Å². The molecule has 3 amide bonds. The lowest BCUT2D eigenvalue weighted by Crippen LogP contribution is -2.48. The third-order valence-electron chi connectivity index (χ3n) is 5.28. The summed E-state index contributed by atoms with van der Waals surface area (Å²) in [5.41, 5.74) is 1.15. The number of fused-ring (bicyclic) bond motifs is 1. The lowest BCUT2D eigenvalue weighted by Gasteiger charge is -2.36. The van der Waals surface area contributed by atoms with Crippen LogP contribution >= 0.6 is 0 Å². The van der Waals surface area contributed by atoms with Gasteiger partial charge in [-0.25, -0.2) is 9.78 Å². The molecule has 1 aromatic rings. The van der Waals surface area contributed by atoms with E-state index in [2.05, 4.69) is 16.0 Å². The van der Waals surface area contributed by atoms with Crippen molar-refractivity contribution in [2.24, 2.45) is 0 Å². The van der Waals surface area contributed by atoms with E-state index in [-0.39, 0.29) is 24.0 Å². The molecular weight excluding hydrogens is 292 g/mol. The molecule has 1 atom stereocenters. The molecule has 3 aliphatic rings. The predicted octanol–water partition coefficient (Wildman–Crippen LogP) is 1.79. The zero-order valence-electron chi connectivity index (χ0n) is 13.4. The van der Waals surface area contributed by atoms with Gasteiger partial charge in [0.25, 0.3) is 5.91 Å². The SMILES string of the molecule is Cc1ccc(N2CCC(N3C(=O)C4CCCN4C3=O)CC2)nc1. The van der Waals surface area contributed by atoms with E-state index >= 15 is 0 Å². The van der Waals surface area contributed by atoms with Crippen LogP contribution in [0.5, 0.6) is 0 Å². The maximum absolute atomic E-state index is 12.5. The standard InChI is InChI=1S/C17H22N4O2/c1-12-4-5-15(18-11-12)19-9-6-13(7-10-19)21-16(22)14-3-2-8-20(14)17(21)23/h4-5,11,13-14H,2-3,6-10H2,1H3. The van der Waals surface area contributed by atoms with Gasteiger partial charge in [-0.3, -0.25) is 9.69 Å². The Hall–Kier alpha value is -2.11. The third kappa shape index (κ3) is 2.36. The van der Waals surface area contributed by atoms with E-state index < -0.39 is 0 Å². The van der Waals surface area contributed by atoms with E-state index in [1.54, 1.807) is 9.80 Å². The maximum atomic E-state index is 12.5. The number of hydrogen-bond donors (Lipinski definition) is 0. The van der Waals surface area contributed by atoms with Gasteiger partial charge in [0.15, 0.2) is 0 Å².